The highest BCUT2D eigenvalue weighted by Crippen LogP contribution is 2.33. The zero-order valence-corrected chi connectivity index (χ0v) is 15.7. The summed E-state index contributed by atoms with van der Waals surface area (Å²) in [6.45, 7) is 3.90. The van der Waals surface area contributed by atoms with Crippen LogP contribution in [0.3, 0.4) is 0 Å². The Balaban J connectivity index is 2.04. The van der Waals surface area contributed by atoms with E-state index in [0.29, 0.717) is 22.6 Å². The van der Waals surface area contributed by atoms with Gasteiger partial charge < -0.3 is 22.6 Å². The molecule has 0 saturated heterocycles. The fourth-order valence-electron chi connectivity index (χ4n) is 3.20. The molecule has 0 aromatic heterocycles. The summed E-state index contributed by atoms with van der Waals surface area (Å²) in [6.07, 6.45) is 6.54. The van der Waals surface area contributed by atoms with Crippen LogP contribution >= 0.6 is 0 Å². The summed E-state index contributed by atoms with van der Waals surface area (Å²) >= 11 is 0. The molecule has 2 aromatic rings. The molecule has 0 fully saturated rings. The Morgan fingerprint density at radius 1 is 1.07 bits per heavy atom. The number of benzene rings is 2. The Bertz CT molecular complexity index is 1120. The van der Waals surface area contributed by atoms with Gasteiger partial charge in [-0.1, -0.05) is 30.9 Å². The van der Waals surface area contributed by atoms with E-state index < -0.39 is 0 Å². The molecule has 7 heteroatoms. The van der Waals surface area contributed by atoms with Crippen molar-refractivity contribution in [3.63, 3.8) is 0 Å². The average molecular weight is 386 g/mol. The highest BCUT2D eigenvalue weighted by atomic mass is 16.5. The number of nitrogens with two attached hydrogens (primary N) is 3. The van der Waals surface area contributed by atoms with Gasteiger partial charge in [-0.05, 0) is 58.7 Å². The molecule has 146 valence electrons. The third-order valence-electron chi connectivity index (χ3n) is 4.59. The van der Waals surface area contributed by atoms with E-state index in [-0.39, 0.29) is 11.5 Å². The molecule has 2 aromatic carbocycles. The standard InChI is InChI=1S/C22H22N6O/c1-2-12-7-13(17-6-4-15(28-29)10-21(17)25)3-5-16(12)14-8-19(23)18(11-22(26)27)20(24)9-14/h2-11,23,28-29H,1,24-25H2,(H3,26,27). The number of amidine groups is 1. The van der Waals surface area contributed by atoms with Crippen LogP contribution in [0, 0.1) is 10.8 Å². The highest BCUT2D eigenvalue weighted by Gasteiger charge is 2.17. The lowest BCUT2D eigenvalue weighted by Crippen LogP contribution is -2.17. The molecule has 0 bridgehead atoms. The van der Waals surface area contributed by atoms with Crippen LogP contribution in [0.4, 0.5) is 11.4 Å². The lowest BCUT2D eigenvalue weighted by molar-refractivity contribution is 0.389. The second kappa shape index (κ2) is 7.87. The van der Waals surface area contributed by atoms with Crippen molar-refractivity contribution in [2.75, 3.05) is 11.2 Å². The van der Waals surface area contributed by atoms with Crippen molar-refractivity contribution in [2.24, 2.45) is 11.5 Å². The first kappa shape index (κ1) is 19.7. The van der Waals surface area contributed by atoms with Crippen LogP contribution in [-0.2, 0) is 0 Å². The molecule has 29 heavy (non-hydrogen) atoms. The number of hydrogen-bond acceptors (Lipinski definition) is 6. The van der Waals surface area contributed by atoms with E-state index in [1.165, 1.54) is 6.08 Å². The third-order valence-corrected chi connectivity index (χ3v) is 4.59. The molecule has 0 heterocycles. The normalized spacial score (nSPS) is 14.9. The number of nitrogens with one attached hydrogen (secondary N) is 3. The van der Waals surface area contributed by atoms with Crippen molar-refractivity contribution in [1.29, 1.82) is 10.8 Å². The van der Waals surface area contributed by atoms with Crippen molar-refractivity contribution in [2.45, 2.75) is 0 Å². The summed E-state index contributed by atoms with van der Waals surface area (Å²) in [7, 11) is 0. The molecular formula is C22H22N6O. The lowest BCUT2D eigenvalue weighted by atomic mass is 9.89. The van der Waals surface area contributed by atoms with Crippen LogP contribution in [0.5, 0.6) is 0 Å². The second-order valence-corrected chi connectivity index (χ2v) is 6.55. The third kappa shape index (κ3) is 3.95. The van der Waals surface area contributed by atoms with Crippen molar-refractivity contribution < 1.29 is 5.21 Å². The summed E-state index contributed by atoms with van der Waals surface area (Å²) in [5, 5.41) is 24.6. The van der Waals surface area contributed by atoms with Gasteiger partial charge in [0.25, 0.3) is 0 Å². The van der Waals surface area contributed by atoms with Gasteiger partial charge in [-0.25, -0.2) is 0 Å². The molecule has 0 spiro atoms. The van der Waals surface area contributed by atoms with Gasteiger partial charge in [0.15, 0.2) is 0 Å². The summed E-state index contributed by atoms with van der Waals surface area (Å²) < 4.78 is 0. The van der Waals surface area contributed by atoms with E-state index in [2.05, 4.69) is 12.1 Å². The summed E-state index contributed by atoms with van der Waals surface area (Å²) in [4.78, 5) is 0. The quantitative estimate of drug-likeness (QED) is 0.181. The van der Waals surface area contributed by atoms with E-state index in [1.807, 2.05) is 24.3 Å². The first-order chi connectivity index (χ1) is 13.8. The van der Waals surface area contributed by atoms with Gasteiger partial charge in [0, 0.05) is 22.5 Å². The van der Waals surface area contributed by atoms with Crippen molar-refractivity contribution >= 4 is 34.6 Å². The molecule has 3 rings (SSSR count). The number of rotatable bonds is 5. The number of allylic oxidation sites excluding steroid dienone is 4. The van der Waals surface area contributed by atoms with E-state index >= 15 is 0 Å². The first-order valence-corrected chi connectivity index (χ1v) is 8.74. The molecule has 0 radical (unpaired) electrons. The van der Waals surface area contributed by atoms with Crippen LogP contribution in [0.15, 0.2) is 72.5 Å². The molecule has 0 saturated carbocycles. The molecule has 10 N–H and O–H groups in total. The van der Waals surface area contributed by atoms with Crippen LogP contribution in [0.2, 0.25) is 0 Å². The van der Waals surface area contributed by atoms with Crippen molar-refractivity contribution in [3.05, 3.63) is 83.6 Å². The molecule has 0 amide bonds. The van der Waals surface area contributed by atoms with E-state index in [0.717, 1.165) is 27.8 Å². The van der Waals surface area contributed by atoms with Crippen molar-refractivity contribution in [3.8, 4) is 11.1 Å². The molecular weight excluding hydrogens is 364 g/mol. The van der Waals surface area contributed by atoms with E-state index in [4.69, 9.17) is 33.2 Å². The van der Waals surface area contributed by atoms with Gasteiger partial charge >= 0.3 is 0 Å². The van der Waals surface area contributed by atoms with E-state index in [9.17, 15) is 0 Å². The fourth-order valence-corrected chi connectivity index (χ4v) is 3.20. The van der Waals surface area contributed by atoms with Gasteiger partial charge in [0.05, 0.1) is 11.4 Å². The Hall–Kier alpha value is -4.10. The zero-order chi connectivity index (χ0) is 21.1. The first-order valence-electron chi connectivity index (χ1n) is 8.74. The van der Waals surface area contributed by atoms with Crippen LogP contribution in [0.25, 0.3) is 22.8 Å². The Labute approximate surface area is 168 Å². The SMILES string of the molecule is C=Cc1cc(-c2ccc(NO)cc2N)ccc1C1=CC(=N)C(=CC(=N)N)C(N)=C1. The maximum atomic E-state index is 9.02. The lowest BCUT2D eigenvalue weighted by Gasteiger charge is -2.18. The Morgan fingerprint density at radius 2 is 1.79 bits per heavy atom. The molecule has 0 unspecified atom stereocenters. The van der Waals surface area contributed by atoms with Crippen molar-refractivity contribution in [1.82, 2.24) is 0 Å². The fraction of sp³-hybridized carbons (Fsp3) is 0. The van der Waals surface area contributed by atoms with Gasteiger partial charge in [-0.3, -0.25) is 16.1 Å². The largest absolute Gasteiger partial charge is 0.398 e. The summed E-state index contributed by atoms with van der Waals surface area (Å²) in [5.74, 6) is -0.158. The smallest absolute Gasteiger partial charge is 0.116 e. The minimum Gasteiger partial charge on any atom is -0.398 e. The predicted octanol–water partition coefficient (Wildman–Crippen LogP) is 3.50. The van der Waals surface area contributed by atoms with Gasteiger partial charge in [0.2, 0.25) is 0 Å². The molecule has 0 atom stereocenters. The minimum absolute atomic E-state index is 0.158. The maximum Gasteiger partial charge on any atom is 0.116 e. The summed E-state index contributed by atoms with van der Waals surface area (Å²) in [6, 6.07) is 11.0. The van der Waals surface area contributed by atoms with Gasteiger partial charge in [-0.2, -0.15) is 0 Å². The zero-order valence-electron chi connectivity index (χ0n) is 15.7. The minimum atomic E-state index is -0.158. The molecule has 0 aliphatic heterocycles. The topological polar surface area (TPSA) is 158 Å². The summed E-state index contributed by atoms with van der Waals surface area (Å²) in [5.41, 5.74) is 25.9. The molecule has 1 aliphatic rings. The van der Waals surface area contributed by atoms with Gasteiger partial charge in [-0.15, -0.1) is 0 Å². The van der Waals surface area contributed by atoms with E-state index in [1.54, 1.807) is 30.4 Å². The second-order valence-electron chi connectivity index (χ2n) is 6.55. The maximum absolute atomic E-state index is 9.02. The highest BCUT2D eigenvalue weighted by molar-refractivity contribution is 6.18. The average Bonchev–Trinajstić information content (AvgIpc) is 2.69. The molecule has 7 nitrogen and oxygen atoms in total. The predicted molar refractivity (Wildman–Crippen MR) is 120 cm³/mol. The number of nitrogen functional groups attached to an aromatic ring is 1. The van der Waals surface area contributed by atoms with Gasteiger partial charge in [0.1, 0.15) is 5.84 Å². The Morgan fingerprint density at radius 3 is 2.38 bits per heavy atom. The number of hydrogen-bond donors (Lipinski definition) is 7. The Kier molecular flexibility index (Phi) is 5.34. The number of anilines is 2. The monoisotopic (exact) mass is 386 g/mol. The van der Waals surface area contributed by atoms with Crippen LogP contribution in [0.1, 0.15) is 11.1 Å². The van der Waals surface area contributed by atoms with Crippen LogP contribution in [-0.4, -0.2) is 16.8 Å². The molecule has 1 aliphatic carbocycles. The van der Waals surface area contributed by atoms with Crippen LogP contribution < -0.4 is 22.7 Å².